The van der Waals surface area contributed by atoms with Gasteiger partial charge in [0.1, 0.15) is 17.5 Å². The van der Waals surface area contributed by atoms with Crippen LogP contribution in [0, 0.1) is 18.6 Å². The van der Waals surface area contributed by atoms with Gasteiger partial charge in [-0.3, -0.25) is 10.6 Å². The number of aliphatic imine (C=N–C) groups is 1. The Kier molecular flexibility index (Phi) is 6.54. The highest BCUT2D eigenvalue weighted by atomic mass is 19.1. The fraction of sp³-hybridized carbons (Fsp3) is 0.440. The van der Waals surface area contributed by atoms with Crippen LogP contribution in [-0.4, -0.2) is 82.4 Å². The Morgan fingerprint density at radius 3 is 2.61 bits per heavy atom. The van der Waals surface area contributed by atoms with E-state index in [2.05, 4.69) is 33.3 Å². The van der Waals surface area contributed by atoms with Crippen molar-refractivity contribution in [2.24, 2.45) is 10.7 Å². The van der Waals surface area contributed by atoms with Crippen LogP contribution < -0.4 is 16.0 Å². The van der Waals surface area contributed by atoms with E-state index in [1.165, 1.54) is 12.1 Å². The lowest BCUT2D eigenvalue weighted by atomic mass is 10.1. The van der Waals surface area contributed by atoms with E-state index in [1.54, 1.807) is 17.2 Å². The monoisotopic (exact) mass is 498 g/mol. The van der Waals surface area contributed by atoms with Crippen molar-refractivity contribution in [1.82, 2.24) is 24.9 Å². The lowest BCUT2D eigenvalue weighted by molar-refractivity contribution is 0.0204. The Hall–Kier alpha value is -3.28. The normalized spacial score (nSPS) is 25.3. The minimum Gasteiger partial charge on any atom is -0.389 e. The first-order valence-electron chi connectivity index (χ1n) is 12.1. The Balaban J connectivity index is 1.21. The summed E-state index contributed by atoms with van der Waals surface area (Å²) in [6.45, 7) is 8.11. The summed E-state index contributed by atoms with van der Waals surface area (Å²) in [5.74, 6) is -1.46. The first kappa shape index (κ1) is 24.4. The third-order valence-corrected chi connectivity index (χ3v) is 7.04. The van der Waals surface area contributed by atoms with Crippen molar-refractivity contribution < 1.29 is 13.9 Å². The summed E-state index contributed by atoms with van der Waals surface area (Å²) < 4.78 is 28.9. The van der Waals surface area contributed by atoms with E-state index in [1.807, 2.05) is 28.9 Å². The number of hydrogen-bond acceptors (Lipinski definition) is 8. The van der Waals surface area contributed by atoms with Gasteiger partial charge in [0.25, 0.3) is 0 Å². The van der Waals surface area contributed by atoms with Crippen LogP contribution in [0.25, 0.3) is 6.08 Å². The summed E-state index contributed by atoms with van der Waals surface area (Å²) in [5, 5.41) is 17.2. The van der Waals surface area contributed by atoms with Gasteiger partial charge in [-0.2, -0.15) is 5.10 Å². The molecule has 0 saturated carbocycles. The molecular weight excluding hydrogens is 466 g/mol. The standard InChI is InChI=1S/C25H32F2N8O/c1-17-13-33(22-9-20(26)8-21(27)10-22)7-6-32(17)5-3-4-19-12-31-35(18(19)2)25(28)11-24(29-16-30-25)34-14-23(36)15-34/h3-4,8-12,16-17,23,36H,5-7,13-15,28H2,1-2H3,(H,29,30)/b4-3+/t17-,25?/m0/s1. The van der Waals surface area contributed by atoms with Gasteiger partial charge in [-0.15, -0.1) is 0 Å². The molecule has 192 valence electrons. The molecule has 1 aromatic carbocycles. The van der Waals surface area contributed by atoms with E-state index in [9.17, 15) is 13.9 Å². The minimum absolute atomic E-state index is 0.221. The number of aliphatic hydroxyl groups is 1. The number of benzene rings is 1. The molecule has 0 radical (unpaired) electrons. The molecule has 2 atom stereocenters. The molecule has 1 unspecified atom stereocenters. The van der Waals surface area contributed by atoms with Gasteiger partial charge in [0.15, 0.2) is 0 Å². The first-order chi connectivity index (χ1) is 17.2. The second kappa shape index (κ2) is 9.64. The molecule has 0 spiro atoms. The summed E-state index contributed by atoms with van der Waals surface area (Å²) in [4.78, 5) is 10.8. The summed E-state index contributed by atoms with van der Waals surface area (Å²) in [5.41, 5.74) is 9.01. The van der Waals surface area contributed by atoms with E-state index in [0.717, 1.165) is 36.2 Å². The average molecular weight is 499 g/mol. The topological polar surface area (TPSA) is 98.2 Å². The molecule has 1 aromatic heterocycles. The summed E-state index contributed by atoms with van der Waals surface area (Å²) in [6, 6.07) is 3.88. The second-order valence-corrected chi connectivity index (χ2v) is 9.69. The fourth-order valence-corrected chi connectivity index (χ4v) is 4.92. The Bertz CT molecular complexity index is 1180. The molecule has 0 amide bonds. The molecule has 5 rings (SSSR count). The number of hydrogen-bond donors (Lipinski definition) is 3. The molecule has 2 aromatic rings. The van der Waals surface area contributed by atoms with Gasteiger partial charge in [0.2, 0.25) is 5.79 Å². The molecule has 3 aliphatic rings. The van der Waals surface area contributed by atoms with E-state index < -0.39 is 17.4 Å². The number of nitrogens with zero attached hydrogens (tertiary/aromatic N) is 6. The third kappa shape index (κ3) is 4.86. The highest BCUT2D eigenvalue weighted by molar-refractivity contribution is 5.60. The van der Waals surface area contributed by atoms with Crippen LogP contribution in [0.2, 0.25) is 0 Å². The lowest BCUT2D eigenvalue weighted by Crippen LogP contribution is -2.55. The quantitative estimate of drug-likeness (QED) is 0.554. The van der Waals surface area contributed by atoms with Crippen LogP contribution in [0.15, 0.2) is 47.4 Å². The zero-order valence-electron chi connectivity index (χ0n) is 20.5. The summed E-state index contributed by atoms with van der Waals surface area (Å²) in [6.07, 6.45) is 8.97. The van der Waals surface area contributed by atoms with Gasteiger partial charge in [0.05, 0.1) is 18.6 Å². The van der Waals surface area contributed by atoms with Crippen molar-refractivity contribution in [3.63, 3.8) is 0 Å². The molecule has 3 aliphatic heterocycles. The SMILES string of the molecule is Cc1c(/C=C/CN2CCN(c3cc(F)cc(F)c3)C[C@@H]2C)cnn1C1(N)C=C(N2CC(O)C2)NC=N1. The Morgan fingerprint density at radius 1 is 1.17 bits per heavy atom. The number of anilines is 1. The number of piperazine rings is 1. The van der Waals surface area contributed by atoms with Crippen molar-refractivity contribution in [3.05, 3.63) is 65.3 Å². The Morgan fingerprint density at radius 2 is 1.92 bits per heavy atom. The van der Waals surface area contributed by atoms with Crippen molar-refractivity contribution in [2.45, 2.75) is 31.8 Å². The summed E-state index contributed by atoms with van der Waals surface area (Å²) in [7, 11) is 0. The van der Waals surface area contributed by atoms with E-state index >= 15 is 0 Å². The van der Waals surface area contributed by atoms with Gasteiger partial charge >= 0.3 is 0 Å². The molecule has 4 heterocycles. The summed E-state index contributed by atoms with van der Waals surface area (Å²) >= 11 is 0. The van der Waals surface area contributed by atoms with Crippen LogP contribution in [0.4, 0.5) is 14.5 Å². The molecule has 2 fully saturated rings. The maximum Gasteiger partial charge on any atom is 0.228 e. The number of likely N-dealkylation sites (tertiary alicyclic amines) is 1. The van der Waals surface area contributed by atoms with Gasteiger partial charge < -0.3 is 20.2 Å². The molecule has 9 nitrogen and oxygen atoms in total. The van der Waals surface area contributed by atoms with E-state index in [4.69, 9.17) is 5.73 Å². The van der Waals surface area contributed by atoms with Crippen LogP contribution in [0.3, 0.4) is 0 Å². The highest BCUT2D eigenvalue weighted by Gasteiger charge is 2.34. The van der Waals surface area contributed by atoms with E-state index in [-0.39, 0.29) is 12.1 Å². The van der Waals surface area contributed by atoms with E-state index in [0.29, 0.717) is 31.9 Å². The smallest absolute Gasteiger partial charge is 0.228 e. The van der Waals surface area contributed by atoms with Gasteiger partial charge in [-0.25, -0.2) is 18.5 Å². The molecule has 0 bridgehead atoms. The minimum atomic E-state index is -1.15. The van der Waals surface area contributed by atoms with Crippen LogP contribution >= 0.6 is 0 Å². The number of rotatable bonds is 6. The molecule has 0 aliphatic carbocycles. The predicted octanol–water partition coefficient (Wildman–Crippen LogP) is 1.41. The van der Waals surface area contributed by atoms with Gasteiger partial charge in [-0.05, 0) is 26.0 Å². The highest BCUT2D eigenvalue weighted by Crippen LogP contribution is 2.25. The van der Waals surface area contributed by atoms with Crippen LogP contribution in [0.5, 0.6) is 0 Å². The first-order valence-corrected chi connectivity index (χ1v) is 12.1. The average Bonchev–Trinajstić information content (AvgIpc) is 3.18. The van der Waals surface area contributed by atoms with Crippen molar-refractivity contribution in [3.8, 4) is 0 Å². The molecule has 4 N–H and O–H groups in total. The zero-order valence-corrected chi connectivity index (χ0v) is 20.5. The number of aliphatic hydroxyl groups excluding tert-OH is 1. The number of nitrogens with one attached hydrogen (secondary N) is 1. The predicted molar refractivity (Wildman–Crippen MR) is 135 cm³/mol. The largest absolute Gasteiger partial charge is 0.389 e. The fourth-order valence-electron chi connectivity index (χ4n) is 4.92. The number of nitrogens with two attached hydrogens (primary N) is 1. The maximum absolute atomic E-state index is 13.6. The maximum atomic E-state index is 13.6. The number of β-amino-alcohol motifs (C(OH)–C–C–N with tert-alkyl or cyclic N) is 1. The van der Waals surface area contributed by atoms with Crippen molar-refractivity contribution >= 4 is 18.1 Å². The Labute approximate surface area is 209 Å². The lowest BCUT2D eigenvalue weighted by Gasteiger charge is -2.41. The van der Waals surface area contributed by atoms with Crippen LogP contribution in [-0.2, 0) is 5.79 Å². The number of halogens is 2. The molecule has 2 saturated heterocycles. The molecule has 36 heavy (non-hydrogen) atoms. The number of aromatic nitrogens is 2. The van der Waals surface area contributed by atoms with Crippen LogP contribution in [0.1, 0.15) is 18.2 Å². The molecule has 11 heteroatoms. The van der Waals surface area contributed by atoms with Crippen molar-refractivity contribution in [1.29, 1.82) is 0 Å². The van der Waals surface area contributed by atoms with Gasteiger partial charge in [0, 0.05) is 74.4 Å². The molecular formula is C25H32F2N8O. The van der Waals surface area contributed by atoms with Crippen molar-refractivity contribution in [2.75, 3.05) is 44.2 Å². The van der Waals surface area contributed by atoms with Gasteiger partial charge in [-0.1, -0.05) is 12.2 Å². The zero-order chi connectivity index (χ0) is 25.4. The third-order valence-electron chi connectivity index (χ3n) is 7.04. The second-order valence-electron chi connectivity index (χ2n) is 9.69.